The second kappa shape index (κ2) is 26.1. The molecule has 7 heteroatoms. The number of unbranched alkanes of at least 4 members (excludes halogenated alkanes) is 21. The third-order valence-electron chi connectivity index (χ3n) is 11.8. The molecular weight excluding hydrogens is 723 g/mol. The monoisotopic (exact) mass is 796 g/mol. The lowest BCUT2D eigenvalue weighted by Crippen LogP contribution is -2.26. The number of carbonyl (C=O) groups is 2. The number of amides is 1. The number of aromatic hydroxyl groups is 1. The van der Waals surface area contributed by atoms with Crippen LogP contribution in [0.4, 0.5) is 0 Å². The minimum atomic E-state index is -1.20. The zero-order valence-electron chi connectivity index (χ0n) is 36.2. The first kappa shape index (κ1) is 46.6. The van der Waals surface area contributed by atoms with Gasteiger partial charge in [0, 0.05) is 40.8 Å². The average molecular weight is 796 g/mol. The average Bonchev–Trinajstić information content (AvgIpc) is 3.21. The molecular formula is C51H73NO6. The third kappa shape index (κ3) is 14.3. The number of benzene rings is 3. The Balaban J connectivity index is 1.48. The lowest BCUT2D eigenvalue weighted by atomic mass is 9.86. The number of fused-ring (bicyclic) bond motifs is 2. The Morgan fingerprint density at radius 2 is 1.12 bits per heavy atom. The van der Waals surface area contributed by atoms with Crippen molar-refractivity contribution < 1.29 is 24.2 Å². The van der Waals surface area contributed by atoms with Crippen molar-refractivity contribution in [2.45, 2.75) is 188 Å². The molecule has 2 aromatic rings. The molecule has 1 aliphatic carbocycles. The van der Waals surface area contributed by atoms with Crippen LogP contribution < -0.4 is 10.7 Å². The Morgan fingerprint density at radius 1 is 0.603 bits per heavy atom. The molecule has 0 unspecified atom stereocenters. The van der Waals surface area contributed by atoms with Crippen molar-refractivity contribution in [3.8, 4) is 28.2 Å². The molecule has 0 spiro atoms. The summed E-state index contributed by atoms with van der Waals surface area (Å²) in [7, 11) is 0. The maximum atomic E-state index is 13.7. The van der Waals surface area contributed by atoms with Gasteiger partial charge in [-0.1, -0.05) is 168 Å². The number of rotatable bonds is 30. The van der Waals surface area contributed by atoms with Gasteiger partial charge in [-0.2, -0.15) is 0 Å². The molecule has 7 nitrogen and oxygen atoms in total. The highest BCUT2D eigenvalue weighted by Crippen LogP contribution is 2.44. The number of aryl methyl sites for hydroxylation is 2. The van der Waals surface area contributed by atoms with Crippen LogP contribution in [-0.2, 0) is 12.8 Å². The Hall–Kier alpha value is -4.13. The molecule has 0 fully saturated rings. The number of carboxylic acids is 1. The van der Waals surface area contributed by atoms with Gasteiger partial charge < -0.3 is 19.9 Å². The molecule has 0 saturated heterocycles. The lowest BCUT2D eigenvalue weighted by molar-refractivity contribution is 0.0692. The smallest absolute Gasteiger partial charge is 0.337 e. The van der Waals surface area contributed by atoms with E-state index < -0.39 is 11.9 Å². The summed E-state index contributed by atoms with van der Waals surface area (Å²) in [5.74, 6) is -1.20. The van der Waals surface area contributed by atoms with Crippen LogP contribution in [0.15, 0.2) is 51.7 Å². The van der Waals surface area contributed by atoms with Gasteiger partial charge in [-0.3, -0.25) is 9.59 Å². The second-order valence-electron chi connectivity index (χ2n) is 16.6. The van der Waals surface area contributed by atoms with E-state index >= 15 is 0 Å². The van der Waals surface area contributed by atoms with Crippen LogP contribution in [-0.4, -0.2) is 28.6 Å². The zero-order valence-corrected chi connectivity index (χ0v) is 36.2. The van der Waals surface area contributed by atoms with Gasteiger partial charge in [0.25, 0.3) is 5.91 Å². The van der Waals surface area contributed by atoms with Crippen molar-refractivity contribution in [1.29, 1.82) is 0 Å². The summed E-state index contributed by atoms with van der Waals surface area (Å²) >= 11 is 0. The molecule has 58 heavy (non-hydrogen) atoms. The number of nitrogens with one attached hydrogen (secondary N) is 1. The molecule has 1 aliphatic heterocycles. The predicted octanol–water partition coefficient (Wildman–Crippen LogP) is 14.2. The van der Waals surface area contributed by atoms with Crippen LogP contribution in [0.1, 0.15) is 207 Å². The first-order valence-corrected chi connectivity index (χ1v) is 23.2. The van der Waals surface area contributed by atoms with Crippen LogP contribution in [0.25, 0.3) is 33.4 Å². The Kier molecular flexibility index (Phi) is 20.9. The summed E-state index contributed by atoms with van der Waals surface area (Å²) in [6, 6.07) is 11.9. The molecule has 4 rings (SSSR count). The van der Waals surface area contributed by atoms with Gasteiger partial charge in [-0.25, -0.2) is 4.79 Å². The minimum absolute atomic E-state index is 0.0889. The van der Waals surface area contributed by atoms with E-state index in [-0.39, 0.29) is 22.3 Å². The predicted molar refractivity (Wildman–Crippen MR) is 241 cm³/mol. The van der Waals surface area contributed by atoms with E-state index in [0.717, 1.165) is 76.2 Å². The molecule has 0 atom stereocenters. The molecule has 0 aromatic heterocycles. The Labute approximate surface area is 348 Å². The molecule has 0 bridgehead atoms. The summed E-state index contributed by atoms with van der Waals surface area (Å²) in [6.45, 7) is 7.06. The summed E-state index contributed by atoms with van der Waals surface area (Å²) in [5.41, 5.74) is 3.23. The highest BCUT2D eigenvalue weighted by molar-refractivity contribution is 6.13. The molecule has 1 heterocycles. The highest BCUT2D eigenvalue weighted by atomic mass is 16.4. The number of hydrogen-bond donors (Lipinski definition) is 3. The van der Waals surface area contributed by atoms with Crippen molar-refractivity contribution in [2.24, 2.45) is 0 Å². The lowest BCUT2D eigenvalue weighted by Gasteiger charge is -2.20. The van der Waals surface area contributed by atoms with Crippen molar-refractivity contribution in [3.05, 3.63) is 74.9 Å². The Morgan fingerprint density at radius 3 is 1.67 bits per heavy atom. The highest BCUT2D eigenvalue weighted by Gasteiger charge is 2.27. The number of carbonyl (C=O) groups excluding carboxylic acids is 1. The van der Waals surface area contributed by atoms with Crippen molar-refractivity contribution >= 4 is 22.8 Å². The Bertz CT molecular complexity index is 1880. The largest absolute Gasteiger partial charge is 0.508 e. The van der Waals surface area contributed by atoms with E-state index in [1.807, 2.05) is 12.1 Å². The van der Waals surface area contributed by atoms with Crippen molar-refractivity contribution in [3.63, 3.8) is 0 Å². The van der Waals surface area contributed by atoms with E-state index in [2.05, 4.69) is 26.1 Å². The van der Waals surface area contributed by atoms with E-state index in [4.69, 9.17) is 4.42 Å². The summed E-state index contributed by atoms with van der Waals surface area (Å²) in [6.07, 6.45) is 29.9. The van der Waals surface area contributed by atoms with Gasteiger partial charge in [0.2, 0.25) is 0 Å². The van der Waals surface area contributed by atoms with E-state index in [9.17, 15) is 24.6 Å². The van der Waals surface area contributed by atoms with E-state index in [0.29, 0.717) is 58.4 Å². The van der Waals surface area contributed by atoms with Gasteiger partial charge in [0.15, 0.2) is 5.43 Å². The maximum Gasteiger partial charge on any atom is 0.337 e. The summed E-state index contributed by atoms with van der Waals surface area (Å²) in [5, 5.41) is 25.5. The fourth-order valence-corrected chi connectivity index (χ4v) is 8.36. The van der Waals surface area contributed by atoms with Crippen LogP contribution in [0.5, 0.6) is 5.75 Å². The SMILES string of the molecule is CCCCCCCCCCCCCCCCCCNC(=O)c1cccc(-c2c3cc(CCCCCC)c(=O)cc-3oc3cc(O)c(CCCCCC)cc23)c1C(=O)O. The first-order valence-electron chi connectivity index (χ1n) is 23.2. The van der Waals surface area contributed by atoms with Gasteiger partial charge >= 0.3 is 5.97 Å². The number of carboxylic acid groups (broad SMARTS) is 1. The molecule has 0 saturated carbocycles. The van der Waals surface area contributed by atoms with Crippen LogP contribution in [0.2, 0.25) is 0 Å². The summed E-state index contributed by atoms with van der Waals surface area (Å²) in [4.78, 5) is 40.2. The third-order valence-corrected chi connectivity index (χ3v) is 11.8. The van der Waals surface area contributed by atoms with Gasteiger partial charge in [-0.15, -0.1) is 0 Å². The van der Waals surface area contributed by atoms with Crippen molar-refractivity contribution in [1.82, 2.24) is 5.32 Å². The van der Waals surface area contributed by atoms with E-state index in [1.54, 1.807) is 24.3 Å². The fourth-order valence-electron chi connectivity index (χ4n) is 8.36. The zero-order chi connectivity index (χ0) is 41.5. The van der Waals surface area contributed by atoms with Gasteiger partial charge in [0.1, 0.15) is 17.1 Å². The quantitative estimate of drug-likeness (QED) is 0.0357. The van der Waals surface area contributed by atoms with Crippen LogP contribution in [0.3, 0.4) is 0 Å². The molecule has 3 N–H and O–H groups in total. The van der Waals surface area contributed by atoms with Gasteiger partial charge in [0.05, 0.1) is 11.1 Å². The minimum Gasteiger partial charge on any atom is -0.508 e. The first-order chi connectivity index (χ1) is 28.3. The standard InChI is InChI=1S/C51H73NO6/c1-4-7-10-13-14-15-16-17-18-19-20-21-22-23-24-27-33-52-50(55)41-32-28-31-40(49(41)51(56)57)48-42-34-38(29-25-11-8-5-2)44(53)36-46(42)58-47-37-45(54)39(35-43(47)48)30-26-12-9-6-3/h28,31-32,34-37,53H,4-27,29-30,33H2,1-3H3,(H,52,55)(H,56,57). The molecule has 2 aromatic carbocycles. The van der Waals surface area contributed by atoms with E-state index in [1.165, 1.54) is 89.5 Å². The summed E-state index contributed by atoms with van der Waals surface area (Å²) < 4.78 is 6.30. The second-order valence-corrected chi connectivity index (χ2v) is 16.6. The maximum absolute atomic E-state index is 13.7. The fraction of sp³-hybridized carbons (Fsp3) is 0.588. The number of hydrogen-bond acceptors (Lipinski definition) is 5. The molecule has 318 valence electrons. The molecule has 0 radical (unpaired) electrons. The van der Waals surface area contributed by atoms with Gasteiger partial charge in [-0.05, 0) is 61.4 Å². The molecule has 2 aliphatic rings. The number of phenolic OH excluding ortho intramolecular Hbond substituents is 1. The number of aromatic carboxylic acids is 1. The number of phenols is 1. The normalized spacial score (nSPS) is 11.5. The van der Waals surface area contributed by atoms with Crippen LogP contribution in [0, 0.1) is 0 Å². The molecule has 1 amide bonds. The van der Waals surface area contributed by atoms with Crippen LogP contribution >= 0.6 is 0 Å². The van der Waals surface area contributed by atoms with Crippen molar-refractivity contribution in [2.75, 3.05) is 6.54 Å². The topological polar surface area (TPSA) is 117 Å².